The zero-order valence-corrected chi connectivity index (χ0v) is 12.3. The van der Waals surface area contributed by atoms with Crippen LogP contribution in [-0.4, -0.2) is 16.8 Å². The Morgan fingerprint density at radius 3 is 3.00 bits per heavy atom. The molecule has 22 heavy (non-hydrogen) atoms. The van der Waals surface area contributed by atoms with E-state index in [1.165, 1.54) is 0 Å². The minimum Gasteiger partial charge on any atom is -0.326 e. The van der Waals surface area contributed by atoms with Crippen molar-refractivity contribution in [1.82, 2.24) is 4.98 Å². The van der Waals surface area contributed by atoms with Crippen molar-refractivity contribution < 1.29 is 9.59 Å². The van der Waals surface area contributed by atoms with Crippen LogP contribution in [0.25, 0.3) is 0 Å². The Labute approximate surface area is 128 Å². The van der Waals surface area contributed by atoms with Crippen LogP contribution in [0.15, 0.2) is 36.7 Å². The van der Waals surface area contributed by atoms with Gasteiger partial charge >= 0.3 is 0 Å². The predicted molar refractivity (Wildman–Crippen MR) is 85.0 cm³/mol. The molecule has 1 aliphatic heterocycles. The van der Waals surface area contributed by atoms with E-state index in [2.05, 4.69) is 15.6 Å². The first-order chi connectivity index (χ1) is 10.7. The van der Waals surface area contributed by atoms with E-state index in [0.29, 0.717) is 18.4 Å². The largest absolute Gasteiger partial charge is 0.326 e. The fourth-order valence-electron chi connectivity index (χ4n) is 2.59. The summed E-state index contributed by atoms with van der Waals surface area (Å²) in [6, 6.07) is 7.27. The van der Waals surface area contributed by atoms with Crippen molar-refractivity contribution in [2.75, 3.05) is 10.6 Å². The minimum absolute atomic E-state index is 0.0358. The molecule has 0 saturated heterocycles. The number of nitrogens with zero attached hydrogens (tertiary/aromatic N) is 1. The molecule has 3 rings (SSSR count). The number of carbonyl (C=O) groups excluding carboxylic acids is 2. The molecule has 1 aromatic carbocycles. The van der Waals surface area contributed by atoms with Crippen LogP contribution in [0, 0.1) is 0 Å². The number of hydrogen-bond acceptors (Lipinski definition) is 3. The number of carbonyl (C=O) groups is 2. The van der Waals surface area contributed by atoms with Crippen molar-refractivity contribution in [2.45, 2.75) is 26.2 Å². The monoisotopic (exact) mass is 295 g/mol. The van der Waals surface area contributed by atoms with E-state index in [0.717, 1.165) is 28.9 Å². The zero-order valence-electron chi connectivity index (χ0n) is 12.3. The number of benzene rings is 1. The van der Waals surface area contributed by atoms with Gasteiger partial charge in [0.2, 0.25) is 5.91 Å². The highest BCUT2D eigenvalue weighted by Crippen LogP contribution is 2.26. The molecule has 0 unspecified atom stereocenters. The van der Waals surface area contributed by atoms with Crippen molar-refractivity contribution >= 4 is 23.2 Å². The Morgan fingerprint density at radius 2 is 2.18 bits per heavy atom. The fourth-order valence-corrected chi connectivity index (χ4v) is 2.59. The van der Waals surface area contributed by atoms with Gasteiger partial charge in [-0.25, -0.2) is 0 Å². The quantitative estimate of drug-likeness (QED) is 0.914. The third kappa shape index (κ3) is 2.83. The van der Waals surface area contributed by atoms with Crippen LogP contribution in [-0.2, 0) is 17.6 Å². The normalized spacial score (nSPS) is 13.2. The molecule has 1 aliphatic rings. The first-order valence-electron chi connectivity index (χ1n) is 7.34. The van der Waals surface area contributed by atoms with E-state index >= 15 is 0 Å². The van der Waals surface area contributed by atoms with E-state index in [9.17, 15) is 9.59 Å². The molecule has 2 N–H and O–H groups in total. The molecule has 112 valence electrons. The molecule has 0 radical (unpaired) electrons. The maximum Gasteiger partial charge on any atom is 0.256 e. The molecule has 0 spiro atoms. The number of pyridine rings is 1. The maximum atomic E-state index is 12.4. The van der Waals surface area contributed by atoms with Crippen molar-refractivity contribution in [1.29, 1.82) is 0 Å². The number of aromatic nitrogens is 1. The second-order valence-corrected chi connectivity index (χ2v) is 5.26. The lowest BCUT2D eigenvalue weighted by Crippen LogP contribution is -2.19. The van der Waals surface area contributed by atoms with Gasteiger partial charge in [0.05, 0.1) is 0 Å². The Hall–Kier alpha value is -2.69. The first kappa shape index (κ1) is 14.3. The van der Waals surface area contributed by atoms with Gasteiger partial charge in [-0.15, -0.1) is 0 Å². The summed E-state index contributed by atoms with van der Waals surface area (Å²) < 4.78 is 0. The van der Waals surface area contributed by atoms with Gasteiger partial charge in [-0.3, -0.25) is 14.6 Å². The van der Waals surface area contributed by atoms with Crippen LogP contribution >= 0.6 is 0 Å². The summed E-state index contributed by atoms with van der Waals surface area (Å²) >= 11 is 0. The van der Waals surface area contributed by atoms with Gasteiger partial charge in [-0.05, 0) is 48.2 Å². The number of amides is 2. The average Bonchev–Trinajstić information content (AvgIpc) is 2.55. The lowest BCUT2D eigenvalue weighted by molar-refractivity contribution is -0.116. The topological polar surface area (TPSA) is 71.1 Å². The summed E-state index contributed by atoms with van der Waals surface area (Å²) in [5.74, 6) is -0.104. The molecule has 0 bridgehead atoms. The molecule has 0 aliphatic carbocycles. The summed E-state index contributed by atoms with van der Waals surface area (Å²) in [6.45, 7) is 2.00. The van der Waals surface area contributed by atoms with Gasteiger partial charge < -0.3 is 10.6 Å². The molecule has 5 nitrogen and oxygen atoms in total. The van der Waals surface area contributed by atoms with Gasteiger partial charge in [0.1, 0.15) is 0 Å². The van der Waals surface area contributed by atoms with Gasteiger partial charge in [0, 0.05) is 35.8 Å². The first-order valence-corrected chi connectivity index (χ1v) is 7.34. The summed E-state index contributed by atoms with van der Waals surface area (Å²) in [7, 11) is 0. The average molecular weight is 295 g/mol. The standard InChI is InChI=1S/C17H17N3O2/c1-2-11-10-18-8-7-14(11)17(22)19-13-4-5-15-12(9-13)3-6-16(21)20-15/h4-5,7-10H,2-3,6H2,1H3,(H,19,22)(H,20,21). The van der Waals surface area contributed by atoms with E-state index in [1.807, 2.05) is 19.1 Å². The third-order valence-corrected chi connectivity index (χ3v) is 3.79. The summed E-state index contributed by atoms with van der Waals surface area (Å²) in [5.41, 5.74) is 4.17. The molecule has 2 aromatic rings. The van der Waals surface area contributed by atoms with E-state index < -0.39 is 0 Å². The van der Waals surface area contributed by atoms with E-state index in [-0.39, 0.29) is 11.8 Å². The Kier molecular flexibility index (Phi) is 3.87. The number of aryl methyl sites for hydroxylation is 2. The number of nitrogens with one attached hydrogen (secondary N) is 2. The lowest BCUT2D eigenvalue weighted by Gasteiger charge is -2.18. The smallest absolute Gasteiger partial charge is 0.256 e. The van der Waals surface area contributed by atoms with Crippen LogP contribution in [0.2, 0.25) is 0 Å². The van der Waals surface area contributed by atoms with Crippen molar-refractivity contribution in [3.05, 3.63) is 53.3 Å². The maximum absolute atomic E-state index is 12.4. The second-order valence-electron chi connectivity index (χ2n) is 5.26. The molecule has 0 saturated carbocycles. The SMILES string of the molecule is CCc1cnccc1C(=O)Nc1ccc2c(c1)CCC(=O)N2. The van der Waals surface area contributed by atoms with E-state index in [1.54, 1.807) is 24.5 Å². The van der Waals surface area contributed by atoms with Crippen molar-refractivity contribution in [2.24, 2.45) is 0 Å². The van der Waals surface area contributed by atoms with Crippen LogP contribution in [0.5, 0.6) is 0 Å². The third-order valence-electron chi connectivity index (χ3n) is 3.79. The molecule has 1 aromatic heterocycles. The molecule has 5 heteroatoms. The predicted octanol–water partition coefficient (Wildman–Crippen LogP) is 2.78. The zero-order chi connectivity index (χ0) is 15.5. The van der Waals surface area contributed by atoms with Gasteiger partial charge in [-0.1, -0.05) is 6.92 Å². The molecule has 0 fully saturated rings. The summed E-state index contributed by atoms with van der Waals surface area (Å²) in [4.78, 5) is 27.8. The summed E-state index contributed by atoms with van der Waals surface area (Å²) in [6.07, 6.45) is 5.27. The minimum atomic E-state index is -0.140. The second kappa shape index (κ2) is 5.97. The number of hydrogen-bond donors (Lipinski definition) is 2. The molecular weight excluding hydrogens is 278 g/mol. The van der Waals surface area contributed by atoms with Gasteiger partial charge in [0.25, 0.3) is 5.91 Å². The van der Waals surface area contributed by atoms with E-state index in [4.69, 9.17) is 0 Å². The van der Waals surface area contributed by atoms with Crippen molar-refractivity contribution in [3.8, 4) is 0 Å². The number of anilines is 2. The van der Waals surface area contributed by atoms with Crippen LogP contribution in [0.3, 0.4) is 0 Å². The van der Waals surface area contributed by atoms with Crippen LogP contribution in [0.1, 0.15) is 34.8 Å². The van der Waals surface area contributed by atoms with Crippen molar-refractivity contribution in [3.63, 3.8) is 0 Å². The lowest BCUT2D eigenvalue weighted by atomic mass is 10.0. The van der Waals surface area contributed by atoms with Gasteiger partial charge in [-0.2, -0.15) is 0 Å². The Bertz CT molecular complexity index is 740. The van der Waals surface area contributed by atoms with Crippen LogP contribution in [0.4, 0.5) is 11.4 Å². The molecule has 0 atom stereocenters. The molecule has 2 amide bonds. The number of fused-ring (bicyclic) bond motifs is 1. The van der Waals surface area contributed by atoms with Gasteiger partial charge in [0.15, 0.2) is 0 Å². The summed E-state index contributed by atoms with van der Waals surface area (Å²) in [5, 5.41) is 5.75. The highest BCUT2D eigenvalue weighted by Gasteiger charge is 2.16. The highest BCUT2D eigenvalue weighted by molar-refractivity contribution is 6.05. The molecular formula is C17H17N3O2. The van der Waals surface area contributed by atoms with Crippen LogP contribution < -0.4 is 10.6 Å². The fraction of sp³-hybridized carbons (Fsp3) is 0.235. The highest BCUT2D eigenvalue weighted by atomic mass is 16.2. The number of rotatable bonds is 3. The Morgan fingerprint density at radius 1 is 1.32 bits per heavy atom. The Balaban J connectivity index is 1.81. The molecule has 2 heterocycles.